The Balaban J connectivity index is 1.60. The fourth-order valence-corrected chi connectivity index (χ4v) is 2.66. The highest BCUT2D eigenvalue weighted by molar-refractivity contribution is 8.00. The van der Waals surface area contributed by atoms with Gasteiger partial charge in [0, 0.05) is 13.1 Å². The Hall–Kier alpha value is -0.790. The third kappa shape index (κ3) is 4.36. The van der Waals surface area contributed by atoms with Crippen molar-refractivity contribution in [3.63, 3.8) is 0 Å². The van der Waals surface area contributed by atoms with Crippen LogP contribution in [-0.4, -0.2) is 71.8 Å². The molecule has 2 amide bonds. The number of morpholine rings is 1. The van der Waals surface area contributed by atoms with E-state index >= 15 is 0 Å². The predicted molar refractivity (Wildman–Crippen MR) is 71.9 cm³/mol. The molecule has 1 aliphatic heterocycles. The summed E-state index contributed by atoms with van der Waals surface area (Å²) in [5.41, 5.74) is -0.369. The molecule has 0 atom stereocenters. The fraction of sp³-hybridized carbons (Fsp3) is 0.833. The highest BCUT2D eigenvalue weighted by atomic mass is 32.2. The van der Waals surface area contributed by atoms with Gasteiger partial charge in [0.25, 0.3) is 0 Å². The van der Waals surface area contributed by atoms with Gasteiger partial charge in [-0.2, -0.15) is 0 Å². The largest absolute Gasteiger partial charge is 0.394 e. The van der Waals surface area contributed by atoms with E-state index in [0.717, 1.165) is 12.8 Å². The average Bonchev–Trinajstić information content (AvgIpc) is 3.20. The summed E-state index contributed by atoms with van der Waals surface area (Å²) in [6.45, 7) is 2.46. The van der Waals surface area contributed by atoms with Crippen molar-refractivity contribution < 1.29 is 19.4 Å². The summed E-state index contributed by atoms with van der Waals surface area (Å²) in [4.78, 5) is 25.2. The van der Waals surface area contributed by atoms with Crippen molar-refractivity contribution in [1.82, 2.24) is 10.2 Å². The Bertz CT molecular complexity index is 341. The fourth-order valence-electron chi connectivity index (χ4n) is 1.94. The number of amides is 2. The smallest absolute Gasteiger partial charge is 0.232 e. The molecule has 0 aromatic rings. The number of nitrogens with zero attached hydrogens (tertiary/aromatic N) is 1. The zero-order chi connectivity index (χ0) is 13.7. The first-order valence-electron chi connectivity index (χ1n) is 6.50. The number of rotatable bonds is 6. The number of hydrogen-bond donors (Lipinski definition) is 2. The molecule has 0 unspecified atom stereocenters. The normalized spacial score (nSPS) is 21.0. The van der Waals surface area contributed by atoms with Gasteiger partial charge in [-0.05, 0) is 12.8 Å². The molecule has 0 bridgehead atoms. The molecule has 2 N–H and O–H groups in total. The zero-order valence-corrected chi connectivity index (χ0v) is 11.7. The Kier molecular flexibility index (Phi) is 5.06. The molecule has 1 aliphatic carbocycles. The summed E-state index contributed by atoms with van der Waals surface area (Å²) in [5, 5.41) is 11.9. The van der Waals surface area contributed by atoms with Crippen molar-refractivity contribution in [3.05, 3.63) is 0 Å². The Morgan fingerprint density at radius 3 is 2.53 bits per heavy atom. The minimum atomic E-state index is -0.369. The maximum Gasteiger partial charge on any atom is 0.232 e. The summed E-state index contributed by atoms with van der Waals surface area (Å²) in [6, 6.07) is 0. The van der Waals surface area contributed by atoms with Gasteiger partial charge in [-0.15, -0.1) is 11.8 Å². The average molecular weight is 288 g/mol. The molecule has 0 aromatic heterocycles. The monoisotopic (exact) mass is 288 g/mol. The quantitative estimate of drug-likeness (QED) is 0.670. The van der Waals surface area contributed by atoms with Crippen LogP contribution >= 0.6 is 11.8 Å². The van der Waals surface area contributed by atoms with Gasteiger partial charge < -0.3 is 20.1 Å². The van der Waals surface area contributed by atoms with Crippen LogP contribution in [0.3, 0.4) is 0 Å². The van der Waals surface area contributed by atoms with E-state index in [9.17, 15) is 9.59 Å². The molecular formula is C12H20N2O4S. The lowest BCUT2D eigenvalue weighted by atomic mass is 10.3. The van der Waals surface area contributed by atoms with Crippen LogP contribution in [0.1, 0.15) is 12.8 Å². The first-order valence-corrected chi connectivity index (χ1v) is 7.66. The Morgan fingerprint density at radius 1 is 1.26 bits per heavy atom. The topological polar surface area (TPSA) is 78.9 Å². The lowest BCUT2D eigenvalue weighted by Crippen LogP contribution is -2.42. The number of ether oxygens (including phenoxy) is 1. The number of thioether (sulfide) groups is 1. The molecule has 7 heteroatoms. The van der Waals surface area contributed by atoms with E-state index in [4.69, 9.17) is 9.84 Å². The van der Waals surface area contributed by atoms with E-state index in [1.807, 2.05) is 0 Å². The van der Waals surface area contributed by atoms with Gasteiger partial charge in [0.15, 0.2) is 0 Å². The second kappa shape index (κ2) is 6.58. The minimum Gasteiger partial charge on any atom is -0.394 e. The van der Waals surface area contributed by atoms with E-state index < -0.39 is 0 Å². The molecule has 2 fully saturated rings. The van der Waals surface area contributed by atoms with Gasteiger partial charge in [0.05, 0.1) is 36.9 Å². The van der Waals surface area contributed by atoms with Gasteiger partial charge >= 0.3 is 0 Å². The molecule has 6 nitrogen and oxygen atoms in total. The molecule has 1 heterocycles. The number of carbonyl (C=O) groups excluding carboxylic acids is 2. The lowest BCUT2D eigenvalue weighted by Gasteiger charge is -2.26. The van der Waals surface area contributed by atoms with Crippen molar-refractivity contribution in [2.75, 3.05) is 44.4 Å². The second-order valence-electron chi connectivity index (χ2n) is 4.97. The molecule has 19 heavy (non-hydrogen) atoms. The van der Waals surface area contributed by atoms with Crippen molar-refractivity contribution >= 4 is 23.6 Å². The third-order valence-electron chi connectivity index (χ3n) is 3.38. The van der Waals surface area contributed by atoms with Crippen molar-refractivity contribution in [1.29, 1.82) is 0 Å². The molecule has 1 saturated heterocycles. The van der Waals surface area contributed by atoms with Crippen molar-refractivity contribution in [2.24, 2.45) is 0 Å². The molecule has 2 aliphatic rings. The van der Waals surface area contributed by atoms with E-state index in [0.29, 0.717) is 32.1 Å². The van der Waals surface area contributed by atoms with Gasteiger partial charge in [-0.25, -0.2) is 0 Å². The van der Waals surface area contributed by atoms with E-state index in [-0.39, 0.29) is 29.7 Å². The molecule has 0 spiro atoms. The van der Waals surface area contributed by atoms with E-state index in [1.165, 1.54) is 11.8 Å². The van der Waals surface area contributed by atoms with Crippen LogP contribution in [-0.2, 0) is 14.3 Å². The predicted octanol–water partition coefficient (Wildman–Crippen LogP) is -0.780. The zero-order valence-electron chi connectivity index (χ0n) is 10.9. The number of nitrogens with one attached hydrogen (secondary N) is 1. The summed E-state index contributed by atoms with van der Waals surface area (Å²) in [5.74, 6) is 0.535. The van der Waals surface area contributed by atoms with Crippen LogP contribution in [0.4, 0.5) is 0 Å². The number of hydrogen-bond acceptors (Lipinski definition) is 5. The van der Waals surface area contributed by atoms with E-state index in [2.05, 4.69) is 5.32 Å². The van der Waals surface area contributed by atoms with Crippen molar-refractivity contribution in [3.8, 4) is 0 Å². The third-order valence-corrected chi connectivity index (χ3v) is 4.30. The standard InChI is InChI=1S/C12H20N2O4S/c15-9-12(1-2-12)13-10(16)7-19-8-11(17)14-3-5-18-6-4-14/h15H,1-9H2,(H,13,16). The van der Waals surface area contributed by atoms with Crippen LogP contribution < -0.4 is 5.32 Å². The first kappa shape index (κ1) is 14.6. The Labute approximate surface area is 116 Å². The first-order chi connectivity index (χ1) is 9.15. The number of carbonyl (C=O) groups is 2. The van der Waals surface area contributed by atoms with Crippen LogP contribution in [0, 0.1) is 0 Å². The van der Waals surface area contributed by atoms with Crippen LogP contribution in [0.15, 0.2) is 0 Å². The van der Waals surface area contributed by atoms with E-state index in [1.54, 1.807) is 4.90 Å². The lowest BCUT2D eigenvalue weighted by molar-refractivity contribution is -0.132. The summed E-state index contributed by atoms with van der Waals surface area (Å²) in [7, 11) is 0. The van der Waals surface area contributed by atoms with Gasteiger partial charge in [-0.3, -0.25) is 9.59 Å². The molecule has 0 radical (unpaired) electrons. The maximum absolute atomic E-state index is 11.8. The molecule has 1 saturated carbocycles. The van der Waals surface area contributed by atoms with Crippen LogP contribution in [0.2, 0.25) is 0 Å². The Morgan fingerprint density at radius 2 is 1.95 bits per heavy atom. The summed E-state index contributed by atoms with van der Waals surface area (Å²) in [6.07, 6.45) is 1.68. The number of aliphatic hydroxyl groups is 1. The van der Waals surface area contributed by atoms with Crippen LogP contribution in [0.5, 0.6) is 0 Å². The SMILES string of the molecule is O=C(CSCC(=O)N1CCOCC1)NC1(CO)CC1. The van der Waals surface area contributed by atoms with Gasteiger partial charge in [0.1, 0.15) is 0 Å². The van der Waals surface area contributed by atoms with Gasteiger partial charge in [-0.1, -0.05) is 0 Å². The minimum absolute atomic E-state index is 0.00385. The highest BCUT2D eigenvalue weighted by Gasteiger charge is 2.43. The maximum atomic E-state index is 11.8. The van der Waals surface area contributed by atoms with Crippen molar-refractivity contribution in [2.45, 2.75) is 18.4 Å². The van der Waals surface area contributed by atoms with Gasteiger partial charge in [0.2, 0.25) is 11.8 Å². The van der Waals surface area contributed by atoms with Crippen LogP contribution in [0.25, 0.3) is 0 Å². The summed E-state index contributed by atoms with van der Waals surface area (Å²) < 4.78 is 5.18. The highest BCUT2D eigenvalue weighted by Crippen LogP contribution is 2.34. The summed E-state index contributed by atoms with van der Waals surface area (Å²) >= 11 is 1.32. The number of aliphatic hydroxyl groups excluding tert-OH is 1. The molecular weight excluding hydrogens is 268 g/mol. The molecule has 0 aromatic carbocycles. The molecule has 108 valence electrons. The molecule has 2 rings (SSSR count). The second-order valence-corrected chi connectivity index (χ2v) is 5.96.